The third-order valence-corrected chi connectivity index (χ3v) is 0. The molecule has 86 valence electrons. The maximum atomic E-state index is 8.58. The predicted octanol–water partition coefficient (Wildman–Crippen LogP) is -7.50. The van der Waals surface area contributed by atoms with E-state index in [1.54, 1.807) is 0 Å². The Balaban J connectivity index is -0.0000000270. The molecule has 14 heavy (non-hydrogen) atoms. The molecular formula is Dy2O9Ti3. The summed E-state index contributed by atoms with van der Waals surface area (Å²) >= 11 is -12.2. The SMILES string of the molecule is [Dy+3].[Dy+3].[O]=[Ti]([O-])[O-].[O]=[Ti]([O-])[O-].[O]=[Ti]([O-])[O-]. The normalized spacial score (nSPS) is 5.57. The van der Waals surface area contributed by atoms with E-state index >= 15 is 0 Å². The molecule has 0 bridgehead atoms. The summed E-state index contributed by atoms with van der Waals surface area (Å²) < 4.78 is 77.2. The molecule has 0 N–H and O–H groups in total. The molecule has 0 saturated heterocycles. The Labute approximate surface area is 160 Å². The van der Waals surface area contributed by atoms with E-state index in [1.165, 1.54) is 0 Å². The maximum absolute atomic E-state index is 8.58. The molecule has 9 nitrogen and oxygen atoms in total. The minimum atomic E-state index is -4.08. The Morgan fingerprint density at radius 3 is 0.500 bits per heavy atom. The molecule has 0 aliphatic carbocycles. The van der Waals surface area contributed by atoms with Crippen LogP contribution >= 0.6 is 0 Å². The van der Waals surface area contributed by atoms with Gasteiger partial charge in [0, 0.05) is 0 Å². The Kier molecular flexibility index (Phi) is 56.2. The second-order valence-corrected chi connectivity index (χ2v) is 3.09. The van der Waals surface area contributed by atoms with Crippen molar-refractivity contribution in [1.29, 1.82) is 0 Å². The topological polar surface area (TPSA) is 190 Å². The minimum absolute atomic E-state index is 0. The molecular weight excluding hydrogens is 613 g/mol. The molecule has 0 saturated carbocycles. The van der Waals surface area contributed by atoms with Crippen molar-refractivity contribution in [2.75, 3.05) is 0 Å². The zero-order valence-corrected chi connectivity index (χ0v) is 14.5. The van der Waals surface area contributed by atoms with Crippen LogP contribution in [0.5, 0.6) is 0 Å². The Morgan fingerprint density at radius 2 is 0.500 bits per heavy atom. The number of rotatable bonds is 0. The second kappa shape index (κ2) is 25.6. The van der Waals surface area contributed by atoms with Crippen LogP contribution in [0.15, 0.2) is 0 Å². The summed E-state index contributed by atoms with van der Waals surface area (Å²) in [6.45, 7) is 0. The van der Waals surface area contributed by atoms with E-state index in [2.05, 4.69) is 0 Å². The Hall–Kier alpha value is 3.85. The summed E-state index contributed by atoms with van der Waals surface area (Å²) in [5.41, 5.74) is 0. The van der Waals surface area contributed by atoms with Gasteiger partial charge >= 0.3 is 164 Å². The van der Waals surface area contributed by atoms with Gasteiger partial charge in [0.15, 0.2) is 0 Å². The van der Waals surface area contributed by atoms with Crippen LogP contribution in [0.2, 0.25) is 0 Å². The molecule has 2 radical (unpaired) electrons. The molecule has 0 rings (SSSR count). The molecule has 0 amide bonds. The van der Waals surface area contributed by atoms with E-state index in [0.717, 1.165) is 0 Å². The van der Waals surface area contributed by atoms with Gasteiger partial charge in [-0.25, -0.2) is 0 Å². The monoisotopic (exact) mass is 616 g/mol. The van der Waals surface area contributed by atoms with Crippen molar-refractivity contribution in [2.45, 2.75) is 0 Å². The van der Waals surface area contributed by atoms with Crippen molar-refractivity contribution in [3.8, 4) is 0 Å². The molecule has 0 unspecified atom stereocenters. The third-order valence-electron chi connectivity index (χ3n) is 0. The molecule has 0 aliphatic rings. The summed E-state index contributed by atoms with van der Waals surface area (Å²) in [5, 5.41) is 0. The third kappa shape index (κ3) is 236. The molecule has 0 aromatic heterocycles. The summed E-state index contributed by atoms with van der Waals surface area (Å²) in [7, 11) is 0. The van der Waals surface area contributed by atoms with Gasteiger partial charge in [-0.15, -0.1) is 0 Å². The zero-order valence-electron chi connectivity index (χ0n) is 5.81. The van der Waals surface area contributed by atoms with E-state index in [9.17, 15) is 0 Å². The first-order valence-corrected chi connectivity index (χ1v) is 7.57. The fourth-order valence-electron chi connectivity index (χ4n) is 0. The first kappa shape index (κ1) is 30.7. The summed E-state index contributed by atoms with van der Waals surface area (Å²) in [6, 6.07) is 0. The van der Waals surface area contributed by atoms with Crippen molar-refractivity contribution >= 4 is 0 Å². The second-order valence-electron chi connectivity index (χ2n) is 0.750. The van der Waals surface area contributed by atoms with Crippen molar-refractivity contribution in [3.63, 3.8) is 0 Å². The van der Waals surface area contributed by atoms with Crippen molar-refractivity contribution in [2.24, 2.45) is 0 Å². The van der Waals surface area contributed by atoms with Crippen LogP contribution in [0, 0.1) is 76.3 Å². The van der Waals surface area contributed by atoms with Gasteiger partial charge in [-0.1, -0.05) is 0 Å². The summed E-state index contributed by atoms with van der Waals surface area (Å²) in [6.07, 6.45) is 0. The van der Waals surface area contributed by atoms with Crippen molar-refractivity contribution in [1.82, 2.24) is 0 Å². The van der Waals surface area contributed by atoms with Crippen molar-refractivity contribution < 1.29 is 164 Å². The first-order valence-electron chi connectivity index (χ1n) is 1.84. The van der Waals surface area contributed by atoms with E-state index in [0.29, 0.717) is 0 Å². The molecule has 0 aromatic carbocycles. The number of hydrogen-bond donors (Lipinski definition) is 0. The van der Waals surface area contributed by atoms with Gasteiger partial charge < -0.3 is 0 Å². The predicted molar refractivity (Wildman–Crippen MR) is 2.06 cm³/mol. The van der Waals surface area contributed by atoms with Crippen LogP contribution in [0.4, 0.5) is 0 Å². The van der Waals surface area contributed by atoms with Gasteiger partial charge in [-0.3, -0.25) is 0 Å². The fraction of sp³-hybridized carbons (Fsp3) is 0. The quantitative estimate of drug-likeness (QED) is 0.239. The molecule has 0 aliphatic heterocycles. The first-order chi connectivity index (χ1) is 5.20. The standard InChI is InChI=1S/2Dy.9O.3Ti/q2*+3;;;;6*-1;;;. The van der Waals surface area contributed by atoms with Gasteiger partial charge in [0.1, 0.15) is 0 Å². The van der Waals surface area contributed by atoms with Crippen LogP contribution in [0.25, 0.3) is 0 Å². The molecule has 0 spiro atoms. The van der Waals surface area contributed by atoms with E-state index in [1.807, 2.05) is 0 Å². The Morgan fingerprint density at radius 1 is 0.500 bits per heavy atom. The van der Waals surface area contributed by atoms with Gasteiger partial charge in [-0.05, 0) is 0 Å². The average Bonchev–Trinajstić information content (AvgIpc) is 1.54. The van der Waals surface area contributed by atoms with Gasteiger partial charge in [-0.2, -0.15) is 0 Å². The zero-order chi connectivity index (χ0) is 10.7. The van der Waals surface area contributed by atoms with Crippen LogP contribution < -0.4 is 22.1 Å². The summed E-state index contributed by atoms with van der Waals surface area (Å²) in [4.78, 5) is 0. The van der Waals surface area contributed by atoms with Gasteiger partial charge in [0.25, 0.3) is 0 Å². The average molecular weight is 613 g/mol. The molecule has 0 heterocycles. The van der Waals surface area contributed by atoms with Crippen molar-refractivity contribution in [3.05, 3.63) is 0 Å². The molecule has 0 fully saturated rings. The van der Waals surface area contributed by atoms with E-state index in [4.69, 9.17) is 32.1 Å². The van der Waals surface area contributed by atoms with E-state index < -0.39 is 55.8 Å². The van der Waals surface area contributed by atoms with E-state index in [-0.39, 0.29) is 76.3 Å². The van der Waals surface area contributed by atoms with Gasteiger partial charge in [0.2, 0.25) is 0 Å². The summed E-state index contributed by atoms with van der Waals surface area (Å²) in [5.74, 6) is 0. The van der Waals surface area contributed by atoms with Crippen LogP contribution in [0.3, 0.4) is 0 Å². The van der Waals surface area contributed by atoms with Crippen LogP contribution in [0.1, 0.15) is 0 Å². The Bertz CT molecular complexity index is 116. The molecule has 14 heteroatoms. The number of hydrogen-bond acceptors (Lipinski definition) is 9. The van der Waals surface area contributed by atoms with Crippen LogP contribution in [-0.2, 0) is 65.8 Å². The molecule has 0 atom stereocenters. The van der Waals surface area contributed by atoms with Gasteiger partial charge in [0.05, 0.1) is 0 Å². The fourth-order valence-corrected chi connectivity index (χ4v) is 0. The molecule has 0 aromatic rings. The van der Waals surface area contributed by atoms with Crippen LogP contribution in [-0.4, -0.2) is 0 Å².